The van der Waals surface area contributed by atoms with Gasteiger partial charge in [0.05, 0.1) is 13.2 Å². The zero-order chi connectivity index (χ0) is 11.1. The van der Waals surface area contributed by atoms with E-state index in [4.69, 9.17) is 9.84 Å². The third-order valence-electron chi connectivity index (χ3n) is 1.81. The summed E-state index contributed by atoms with van der Waals surface area (Å²) in [5.41, 5.74) is 1.02. The minimum absolute atomic E-state index is 0.0289. The number of nitrogens with one attached hydrogen (secondary N) is 1. The summed E-state index contributed by atoms with van der Waals surface area (Å²) in [7, 11) is 0. The molecule has 0 heterocycles. The van der Waals surface area contributed by atoms with E-state index in [0.29, 0.717) is 13.2 Å². The van der Waals surface area contributed by atoms with Crippen LogP contribution in [0.2, 0.25) is 0 Å². The molecule has 4 nitrogen and oxygen atoms in total. The molecule has 0 bridgehead atoms. The van der Waals surface area contributed by atoms with Crippen molar-refractivity contribution in [3.8, 4) is 5.75 Å². The molecule has 0 atom stereocenters. The Bertz CT molecular complexity index is 325. The van der Waals surface area contributed by atoms with Crippen LogP contribution in [-0.2, 0) is 11.3 Å². The van der Waals surface area contributed by atoms with Gasteiger partial charge in [-0.05, 0) is 24.6 Å². The van der Waals surface area contributed by atoms with E-state index < -0.39 is 5.97 Å². The monoisotopic (exact) mass is 209 g/mol. The molecular formula is C11H15NO3. The molecule has 0 aliphatic heterocycles. The Hall–Kier alpha value is -1.55. The molecule has 0 saturated carbocycles. The maximum absolute atomic E-state index is 10.3. The summed E-state index contributed by atoms with van der Waals surface area (Å²) in [6.45, 7) is 3.06. The van der Waals surface area contributed by atoms with Crippen molar-refractivity contribution in [1.82, 2.24) is 5.32 Å². The second kappa shape index (κ2) is 6.03. The molecule has 2 N–H and O–H groups in total. The van der Waals surface area contributed by atoms with Crippen LogP contribution in [0.25, 0.3) is 0 Å². The van der Waals surface area contributed by atoms with Gasteiger partial charge in [0.15, 0.2) is 0 Å². The number of rotatable bonds is 6. The molecule has 1 aromatic rings. The number of aliphatic carboxylic acids is 1. The minimum Gasteiger partial charge on any atom is -0.494 e. The van der Waals surface area contributed by atoms with E-state index >= 15 is 0 Å². The summed E-state index contributed by atoms with van der Waals surface area (Å²) < 4.78 is 5.33. The Morgan fingerprint density at radius 2 is 2.33 bits per heavy atom. The predicted octanol–water partition coefficient (Wildman–Crippen LogP) is 1.26. The molecule has 82 valence electrons. The van der Waals surface area contributed by atoms with Crippen molar-refractivity contribution in [2.24, 2.45) is 0 Å². The van der Waals surface area contributed by atoms with Gasteiger partial charge in [0.25, 0.3) is 0 Å². The van der Waals surface area contributed by atoms with Crippen LogP contribution in [0.4, 0.5) is 0 Å². The summed E-state index contributed by atoms with van der Waals surface area (Å²) in [6, 6.07) is 7.60. The molecule has 1 rings (SSSR count). The molecular weight excluding hydrogens is 194 g/mol. The number of hydrogen-bond donors (Lipinski definition) is 2. The lowest BCUT2D eigenvalue weighted by atomic mass is 10.2. The molecule has 0 unspecified atom stereocenters. The van der Waals surface area contributed by atoms with Crippen LogP contribution in [-0.4, -0.2) is 24.2 Å². The van der Waals surface area contributed by atoms with E-state index in [1.165, 1.54) is 0 Å². The van der Waals surface area contributed by atoms with Crippen molar-refractivity contribution < 1.29 is 14.6 Å². The molecule has 0 aromatic heterocycles. The molecule has 0 fully saturated rings. The molecule has 1 aromatic carbocycles. The predicted molar refractivity (Wildman–Crippen MR) is 57.0 cm³/mol. The quantitative estimate of drug-likeness (QED) is 0.740. The molecule has 0 saturated heterocycles. The average molecular weight is 209 g/mol. The van der Waals surface area contributed by atoms with Crippen LogP contribution < -0.4 is 10.1 Å². The Labute approximate surface area is 88.9 Å². The second-order valence-corrected chi connectivity index (χ2v) is 3.08. The Morgan fingerprint density at radius 1 is 1.53 bits per heavy atom. The molecule has 15 heavy (non-hydrogen) atoms. The van der Waals surface area contributed by atoms with E-state index in [2.05, 4.69) is 5.32 Å². The van der Waals surface area contributed by atoms with E-state index in [-0.39, 0.29) is 6.54 Å². The van der Waals surface area contributed by atoms with Crippen LogP contribution >= 0.6 is 0 Å². The summed E-state index contributed by atoms with van der Waals surface area (Å²) >= 11 is 0. The van der Waals surface area contributed by atoms with Crippen LogP contribution in [0.1, 0.15) is 12.5 Å². The summed E-state index contributed by atoms with van der Waals surface area (Å²) in [6.07, 6.45) is 0. The van der Waals surface area contributed by atoms with Crippen molar-refractivity contribution in [2.45, 2.75) is 13.5 Å². The maximum Gasteiger partial charge on any atom is 0.317 e. The van der Waals surface area contributed by atoms with Crippen molar-refractivity contribution in [3.05, 3.63) is 29.8 Å². The molecule has 4 heteroatoms. The first-order valence-electron chi connectivity index (χ1n) is 4.86. The third-order valence-corrected chi connectivity index (χ3v) is 1.81. The van der Waals surface area contributed by atoms with E-state index in [1.807, 2.05) is 31.2 Å². The molecule has 0 spiro atoms. The number of benzene rings is 1. The Balaban J connectivity index is 2.46. The average Bonchev–Trinajstić information content (AvgIpc) is 2.18. The number of carbonyl (C=O) groups is 1. The highest BCUT2D eigenvalue weighted by atomic mass is 16.5. The number of hydrogen-bond acceptors (Lipinski definition) is 3. The van der Waals surface area contributed by atoms with Gasteiger partial charge in [0.2, 0.25) is 0 Å². The van der Waals surface area contributed by atoms with Gasteiger partial charge >= 0.3 is 5.97 Å². The first-order chi connectivity index (χ1) is 7.22. The highest BCUT2D eigenvalue weighted by Gasteiger charge is 1.98. The van der Waals surface area contributed by atoms with Gasteiger partial charge in [-0.25, -0.2) is 0 Å². The third kappa shape index (κ3) is 4.46. The van der Waals surface area contributed by atoms with Crippen LogP contribution in [0.3, 0.4) is 0 Å². The fourth-order valence-electron chi connectivity index (χ4n) is 1.23. The summed E-state index contributed by atoms with van der Waals surface area (Å²) in [5, 5.41) is 11.3. The largest absolute Gasteiger partial charge is 0.494 e. The Morgan fingerprint density at radius 3 is 3.00 bits per heavy atom. The topological polar surface area (TPSA) is 58.6 Å². The minimum atomic E-state index is -0.851. The van der Waals surface area contributed by atoms with Gasteiger partial charge in [-0.15, -0.1) is 0 Å². The SMILES string of the molecule is CCOc1cccc(CNCC(=O)O)c1. The van der Waals surface area contributed by atoms with Gasteiger partial charge < -0.3 is 15.2 Å². The van der Waals surface area contributed by atoms with Crippen molar-refractivity contribution in [1.29, 1.82) is 0 Å². The highest BCUT2D eigenvalue weighted by molar-refractivity contribution is 5.68. The van der Waals surface area contributed by atoms with Crippen LogP contribution in [0, 0.1) is 0 Å². The first-order valence-corrected chi connectivity index (χ1v) is 4.86. The van der Waals surface area contributed by atoms with Crippen LogP contribution in [0.5, 0.6) is 5.75 Å². The zero-order valence-corrected chi connectivity index (χ0v) is 8.69. The van der Waals surface area contributed by atoms with Gasteiger partial charge in [-0.1, -0.05) is 12.1 Å². The maximum atomic E-state index is 10.3. The first kappa shape index (κ1) is 11.5. The number of carboxylic acid groups (broad SMARTS) is 1. The summed E-state index contributed by atoms with van der Waals surface area (Å²) in [5.74, 6) is -0.0388. The van der Waals surface area contributed by atoms with E-state index in [9.17, 15) is 4.79 Å². The van der Waals surface area contributed by atoms with Crippen molar-refractivity contribution >= 4 is 5.97 Å². The van der Waals surface area contributed by atoms with Gasteiger partial charge in [0.1, 0.15) is 5.75 Å². The van der Waals surface area contributed by atoms with E-state index in [0.717, 1.165) is 11.3 Å². The van der Waals surface area contributed by atoms with Gasteiger partial charge in [-0.2, -0.15) is 0 Å². The molecule has 0 aliphatic rings. The molecule has 0 aliphatic carbocycles. The number of ether oxygens (including phenoxy) is 1. The Kier molecular flexibility index (Phi) is 4.63. The number of carboxylic acids is 1. The lowest BCUT2D eigenvalue weighted by Gasteiger charge is -2.06. The normalized spacial score (nSPS) is 9.93. The fraction of sp³-hybridized carbons (Fsp3) is 0.364. The molecule has 0 amide bonds. The smallest absolute Gasteiger partial charge is 0.317 e. The molecule has 0 radical (unpaired) electrons. The lowest BCUT2D eigenvalue weighted by molar-refractivity contribution is -0.135. The standard InChI is InChI=1S/C11H15NO3/c1-2-15-10-5-3-4-9(6-10)7-12-8-11(13)14/h3-6,12H,2,7-8H2,1H3,(H,13,14). The van der Waals surface area contributed by atoms with Crippen molar-refractivity contribution in [3.63, 3.8) is 0 Å². The highest BCUT2D eigenvalue weighted by Crippen LogP contribution is 2.12. The van der Waals surface area contributed by atoms with E-state index in [1.54, 1.807) is 0 Å². The van der Waals surface area contributed by atoms with Crippen molar-refractivity contribution in [2.75, 3.05) is 13.2 Å². The van der Waals surface area contributed by atoms with Gasteiger partial charge in [0, 0.05) is 6.54 Å². The summed E-state index contributed by atoms with van der Waals surface area (Å²) in [4.78, 5) is 10.3. The zero-order valence-electron chi connectivity index (χ0n) is 8.69. The second-order valence-electron chi connectivity index (χ2n) is 3.08. The fourth-order valence-corrected chi connectivity index (χ4v) is 1.23. The van der Waals surface area contributed by atoms with Gasteiger partial charge in [-0.3, -0.25) is 4.79 Å². The lowest BCUT2D eigenvalue weighted by Crippen LogP contribution is -2.21. The van der Waals surface area contributed by atoms with Crippen LogP contribution in [0.15, 0.2) is 24.3 Å².